The molecule has 0 heterocycles. The first-order chi connectivity index (χ1) is 13.3. The Kier molecular flexibility index (Phi) is 6.80. The van der Waals surface area contributed by atoms with Crippen LogP contribution >= 0.6 is 0 Å². The van der Waals surface area contributed by atoms with E-state index >= 15 is 0 Å². The summed E-state index contributed by atoms with van der Waals surface area (Å²) in [4.78, 5) is 0. The third kappa shape index (κ3) is 4.29. The zero-order chi connectivity index (χ0) is 19.1. The fourth-order valence-electron chi connectivity index (χ4n) is 3.67. The summed E-state index contributed by atoms with van der Waals surface area (Å²) in [5.41, 5.74) is 8.89. The van der Waals surface area contributed by atoms with Gasteiger partial charge in [0.15, 0.2) is 0 Å². The molecule has 0 spiro atoms. The fourth-order valence-corrected chi connectivity index (χ4v) is 3.67. The van der Waals surface area contributed by atoms with Gasteiger partial charge in [-0.1, -0.05) is 80.6 Å². The van der Waals surface area contributed by atoms with E-state index in [1.165, 1.54) is 33.4 Å². The lowest BCUT2D eigenvalue weighted by molar-refractivity contribution is 0.0818. The summed E-state index contributed by atoms with van der Waals surface area (Å²) >= 11 is 0. The Balaban J connectivity index is 2.23. The number of benzene rings is 3. The van der Waals surface area contributed by atoms with E-state index < -0.39 is 0 Å². The lowest BCUT2D eigenvalue weighted by Gasteiger charge is -2.19. The maximum atomic E-state index is 9.09. The van der Waals surface area contributed by atoms with Crippen LogP contribution in [-0.2, 0) is 24.2 Å². The molecule has 1 N–H and O–H groups in total. The van der Waals surface area contributed by atoms with Crippen molar-refractivity contribution in [1.29, 1.82) is 0 Å². The number of aryl methyl sites for hydroxylation is 2. The summed E-state index contributed by atoms with van der Waals surface area (Å²) < 4.78 is 5.70. The monoisotopic (exact) mass is 360 g/mol. The highest BCUT2D eigenvalue weighted by molar-refractivity contribution is 5.88. The minimum Gasteiger partial charge on any atom is -0.394 e. The Labute approximate surface area is 162 Å². The number of hydrogen-bond donors (Lipinski definition) is 1. The van der Waals surface area contributed by atoms with Crippen molar-refractivity contribution in [2.75, 3.05) is 13.2 Å². The molecule has 140 valence electrons. The van der Waals surface area contributed by atoms with Crippen LogP contribution in [0.25, 0.3) is 22.3 Å². The fraction of sp³-hybridized carbons (Fsp3) is 0.280. The van der Waals surface area contributed by atoms with E-state index in [9.17, 15) is 0 Å². The van der Waals surface area contributed by atoms with E-state index in [2.05, 4.69) is 80.6 Å². The predicted octanol–water partition coefficient (Wildman–Crippen LogP) is 5.65. The Hall–Kier alpha value is -2.42. The maximum Gasteiger partial charge on any atom is 0.0724 e. The van der Waals surface area contributed by atoms with Crippen molar-refractivity contribution in [2.45, 2.75) is 33.3 Å². The van der Waals surface area contributed by atoms with Gasteiger partial charge in [-0.15, -0.1) is 0 Å². The van der Waals surface area contributed by atoms with Crippen LogP contribution in [-0.4, -0.2) is 18.3 Å². The molecule has 0 unspecified atom stereocenters. The van der Waals surface area contributed by atoms with E-state index in [1.54, 1.807) is 0 Å². The van der Waals surface area contributed by atoms with Crippen molar-refractivity contribution >= 4 is 0 Å². The smallest absolute Gasteiger partial charge is 0.0724 e. The highest BCUT2D eigenvalue weighted by Gasteiger charge is 2.16. The average molecular weight is 360 g/mol. The van der Waals surface area contributed by atoms with Gasteiger partial charge in [-0.05, 0) is 51.8 Å². The van der Waals surface area contributed by atoms with Crippen molar-refractivity contribution < 1.29 is 9.84 Å². The van der Waals surface area contributed by atoms with Crippen LogP contribution in [0.3, 0.4) is 0 Å². The third-order valence-electron chi connectivity index (χ3n) is 5.00. The van der Waals surface area contributed by atoms with Crippen molar-refractivity contribution in [3.63, 3.8) is 0 Å². The SMILES string of the molecule is CCc1ccccc1-c1cccc(COCCO)c1-c1ccccc1CC. The largest absolute Gasteiger partial charge is 0.394 e. The molecule has 0 aliphatic heterocycles. The second-order valence-corrected chi connectivity index (χ2v) is 6.64. The van der Waals surface area contributed by atoms with Gasteiger partial charge in [-0.2, -0.15) is 0 Å². The molecule has 3 aromatic carbocycles. The van der Waals surface area contributed by atoms with Crippen LogP contribution in [0.4, 0.5) is 0 Å². The van der Waals surface area contributed by atoms with Gasteiger partial charge in [0, 0.05) is 0 Å². The van der Waals surface area contributed by atoms with Gasteiger partial charge < -0.3 is 9.84 Å². The number of ether oxygens (including phenoxy) is 1. The van der Waals surface area contributed by atoms with Crippen LogP contribution < -0.4 is 0 Å². The lowest BCUT2D eigenvalue weighted by Crippen LogP contribution is -2.03. The molecule has 0 fully saturated rings. The van der Waals surface area contributed by atoms with Gasteiger partial charge in [0.25, 0.3) is 0 Å². The first-order valence-electron chi connectivity index (χ1n) is 9.77. The summed E-state index contributed by atoms with van der Waals surface area (Å²) in [6.45, 7) is 5.29. The van der Waals surface area contributed by atoms with Crippen LogP contribution in [0.1, 0.15) is 30.5 Å². The summed E-state index contributed by atoms with van der Waals surface area (Å²) in [6.07, 6.45) is 1.98. The molecule has 27 heavy (non-hydrogen) atoms. The Morgan fingerprint density at radius 1 is 0.667 bits per heavy atom. The van der Waals surface area contributed by atoms with Crippen molar-refractivity contribution in [1.82, 2.24) is 0 Å². The Bertz CT molecular complexity index is 883. The standard InChI is InChI=1S/C25H28O2/c1-3-19-10-5-7-13-22(19)24-15-9-12-21(18-27-17-16-26)25(24)23-14-8-6-11-20(23)4-2/h5-15,26H,3-4,16-18H2,1-2H3. The van der Waals surface area contributed by atoms with E-state index in [-0.39, 0.29) is 6.61 Å². The average Bonchev–Trinajstić information content (AvgIpc) is 2.73. The van der Waals surface area contributed by atoms with E-state index in [0.29, 0.717) is 13.2 Å². The number of aliphatic hydroxyl groups is 1. The van der Waals surface area contributed by atoms with Crippen LogP contribution in [0.15, 0.2) is 66.7 Å². The second kappa shape index (κ2) is 9.50. The predicted molar refractivity (Wildman–Crippen MR) is 113 cm³/mol. The maximum absolute atomic E-state index is 9.09. The molecule has 3 aromatic rings. The van der Waals surface area contributed by atoms with Crippen LogP contribution in [0, 0.1) is 0 Å². The number of rotatable bonds is 8. The van der Waals surface area contributed by atoms with Gasteiger partial charge in [-0.3, -0.25) is 0 Å². The van der Waals surface area contributed by atoms with Crippen molar-refractivity contribution in [2.24, 2.45) is 0 Å². The molecule has 0 radical (unpaired) electrons. The van der Waals surface area contributed by atoms with Crippen molar-refractivity contribution in [3.8, 4) is 22.3 Å². The van der Waals surface area contributed by atoms with Gasteiger partial charge in [0.05, 0.1) is 19.8 Å². The quantitative estimate of drug-likeness (QED) is 0.526. The molecule has 0 aromatic heterocycles. The van der Waals surface area contributed by atoms with Crippen LogP contribution in [0.5, 0.6) is 0 Å². The normalized spacial score (nSPS) is 10.9. The zero-order valence-electron chi connectivity index (χ0n) is 16.2. The van der Waals surface area contributed by atoms with E-state index in [4.69, 9.17) is 9.84 Å². The second-order valence-electron chi connectivity index (χ2n) is 6.64. The third-order valence-corrected chi connectivity index (χ3v) is 5.00. The molecule has 0 saturated heterocycles. The molecule has 0 bridgehead atoms. The minimum atomic E-state index is 0.0409. The first-order valence-corrected chi connectivity index (χ1v) is 9.77. The molecule has 0 aliphatic carbocycles. The van der Waals surface area contributed by atoms with Gasteiger partial charge >= 0.3 is 0 Å². The van der Waals surface area contributed by atoms with Gasteiger partial charge in [-0.25, -0.2) is 0 Å². The van der Waals surface area contributed by atoms with Gasteiger partial charge in [0.2, 0.25) is 0 Å². The topological polar surface area (TPSA) is 29.5 Å². The van der Waals surface area contributed by atoms with E-state index in [0.717, 1.165) is 18.4 Å². The highest BCUT2D eigenvalue weighted by atomic mass is 16.5. The summed E-state index contributed by atoms with van der Waals surface area (Å²) in [6, 6.07) is 23.7. The molecule has 2 heteroatoms. The Morgan fingerprint density at radius 2 is 1.22 bits per heavy atom. The number of hydrogen-bond acceptors (Lipinski definition) is 2. The number of aliphatic hydroxyl groups excluding tert-OH is 1. The molecule has 0 saturated carbocycles. The molecular weight excluding hydrogens is 332 g/mol. The molecule has 0 amide bonds. The molecular formula is C25H28O2. The minimum absolute atomic E-state index is 0.0409. The van der Waals surface area contributed by atoms with Crippen LogP contribution in [0.2, 0.25) is 0 Å². The summed E-state index contributed by atoms with van der Waals surface area (Å²) in [5, 5.41) is 9.09. The zero-order valence-corrected chi connectivity index (χ0v) is 16.2. The van der Waals surface area contributed by atoms with E-state index in [1.807, 2.05) is 0 Å². The first kappa shape index (κ1) is 19.3. The summed E-state index contributed by atoms with van der Waals surface area (Å²) in [5.74, 6) is 0. The molecule has 0 aliphatic rings. The lowest BCUT2D eigenvalue weighted by atomic mass is 9.86. The highest BCUT2D eigenvalue weighted by Crippen LogP contribution is 2.38. The van der Waals surface area contributed by atoms with Crippen molar-refractivity contribution in [3.05, 3.63) is 83.4 Å². The molecule has 0 atom stereocenters. The summed E-state index contributed by atoms with van der Waals surface area (Å²) in [7, 11) is 0. The molecule has 2 nitrogen and oxygen atoms in total. The van der Waals surface area contributed by atoms with Gasteiger partial charge in [0.1, 0.15) is 0 Å². The Morgan fingerprint density at radius 3 is 1.89 bits per heavy atom. The molecule has 3 rings (SSSR count).